The lowest BCUT2D eigenvalue weighted by atomic mass is 9.90. The zero-order valence-electron chi connectivity index (χ0n) is 13.4. The summed E-state index contributed by atoms with van der Waals surface area (Å²) in [6, 6.07) is 5.75. The first kappa shape index (κ1) is 16.0. The number of anilines is 1. The summed E-state index contributed by atoms with van der Waals surface area (Å²) in [5.41, 5.74) is 1.27. The highest BCUT2D eigenvalue weighted by molar-refractivity contribution is 8.15. The summed E-state index contributed by atoms with van der Waals surface area (Å²) in [7, 11) is 3.31. The van der Waals surface area contributed by atoms with Crippen LogP contribution in [0.5, 0.6) is 11.5 Å². The van der Waals surface area contributed by atoms with Crippen molar-refractivity contribution in [3.63, 3.8) is 0 Å². The predicted molar refractivity (Wildman–Crippen MR) is 90.9 cm³/mol. The number of hydrogen-bond acceptors (Lipinski definition) is 5. The maximum Gasteiger partial charge on any atom is 0.161 e. The fourth-order valence-corrected chi connectivity index (χ4v) is 3.65. The molecule has 0 amide bonds. The largest absolute Gasteiger partial charge is 0.497 e. The van der Waals surface area contributed by atoms with E-state index >= 15 is 0 Å². The van der Waals surface area contributed by atoms with Crippen molar-refractivity contribution >= 4 is 22.6 Å². The van der Waals surface area contributed by atoms with Crippen molar-refractivity contribution in [2.24, 2.45) is 10.4 Å². The topological polar surface area (TPSA) is 42.8 Å². The Balaban J connectivity index is 2.00. The Hall–Kier alpha value is -1.36. The van der Waals surface area contributed by atoms with Crippen LogP contribution in [-0.4, -0.2) is 31.2 Å². The Kier molecular flexibility index (Phi) is 5.04. The normalized spacial score (nSPS) is 18.3. The van der Waals surface area contributed by atoms with Gasteiger partial charge in [0.25, 0.3) is 0 Å². The van der Waals surface area contributed by atoms with Crippen molar-refractivity contribution in [2.75, 3.05) is 26.1 Å². The highest BCUT2D eigenvalue weighted by Gasteiger charge is 2.25. The second-order valence-electron chi connectivity index (χ2n) is 6.38. The van der Waals surface area contributed by atoms with E-state index in [1.807, 2.05) is 30.0 Å². The number of methoxy groups -OCH3 is 2. The number of nitrogens with one attached hydrogen (secondary N) is 1. The molecule has 1 atom stereocenters. The lowest BCUT2D eigenvalue weighted by Crippen LogP contribution is -2.16. The molecule has 0 bridgehead atoms. The Morgan fingerprint density at radius 1 is 1.19 bits per heavy atom. The summed E-state index contributed by atoms with van der Waals surface area (Å²) in [6.45, 7) is 7.69. The number of nitrogens with zero attached hydrogens (tertiary/aromatic N) is 1. The van der Waals surface area contributed by atoms with Crippen LogP contribution in [0.15, 0.2) is 23.2 Å². The number of hydrogen-bond donors (Lipinski definition) is 1. The summed E-state index contributed by atoms with van der Waals surface area (Å²) >= 11 is 1.82. The maximum atomic E-state index is 5.28. The molecule has 0 radical (unpaired) electrons. The fraction of sp³-hybridized carbons (Fsp3) is 0.562. The molecule has 5 heteroatoms. The molecule has 116 valence electrons. The van der Waals surface area contributed by atoms with E-state index in [1.165, 1.54) is 0 Å². The van der Waals surface area contributed by atoms with Crippen LogP contribution in [-0.2, 0) is 0 Å². The van der Waals surface area contributed by atoms with Crippen LogP contribution in [0.25, 0.3) is 0 Å². The van der Waals surface area contributed by atoms with Crippen molar-refractivity contribution < 1.29 is 9.47 Å². The molecule has 0 fully saturated rings. The molecule has 0 spiro atoms. The standard InChI is InChI=1S/C16H24N2O2S/c1-16(2,3)9-14-10-17-15(21-14)18-11-6-12(19-4)8-13(7-11)20-5/h6-8,14H,9-10H2,1-5H3,(H,17,18). The number of thioether (sulfide) groups is 1. The predicted octanol–water partition coefficient (Wildman–Crippen LogP) is 4.02. The summed E-state index contributed by atoms with van der Waals surface area (Å²) in [5.74, 6) is 1.54. The third kappa shape index (κ3) is 4.84. The third-order valence-corrected chi connectivity index (χ3v) is 4.26. The molecule has 1 aliphatic rings. The first-order chi connectivity index (χ1) is 9.89. The maximum absolute atomic E-state index is 5.28. The van der Waals surface area contributed by atoms with Crippen molar-refractivity contribution in [1.29, 1.82) is 0 Å². The fourth-order valence-electron chi connectivity index (χ4n) is 2.28. The molecule has 1 heterocycles. The lowest BCUT2D eigenvalue weighted by molar-refractivity contribution is 0.375. The van der Waals surface area contributed by atoms with Crippen LogP contribution in [0.4, 0.5) is 5.69 Å². The first-order valence-corrected chi connectivity index (χ1v) is 7.99. The molecule has 1 N–H and O–H groups in total. The van der Waals surface area contributed by atoms with Gasteiger partial charge in [0.2, 0.25) is 0 Å². The van der Waals surface area contributed by atoms with Gasteiger partial charge in [-0.05, 0) is 11.8 Å². The average Bonchev–Trinajstić information content (AvgIpc) is 2.83. The smallest absolute Gasteiger partial charge is 0.161 e. The van der Waals surface area contributed by atoms with Crippen LogP contribution in [0, 0.1) is 5.41 Å². The molecule has 0 aliphatic carbocycles. The molecule has 2 rings (SSSR count). The number of benzene rings is 1. The van der Waals surface area contributed by atoms with Gasteiger partial charge in [-0.2, -0.15) is 0 Å². The molecule has 0 aromatic heterocycles. The Labute approximate surface area is 131 Å². The Morgan fingerprint density at radius 3 is 2.33 bits per heavy atom. The SMILES string of the molecule is COc1cc(NC2=NCC(CC(C)(C)C)S2)cc(OC)c1. The minimum absolute atomic E-state index is 0.335. The molecular formula is C16H24N2O2S. The summed E-state index contributed by atoms with van der Waals surface area (Å²) < 4.78 is 10.6. The molecule has 1 unspecified atom stereocenters. The summed E-state index contributed by atoms with van der Waals surface area (Å²) in [6.07, 6.45) is 1.16. The van der Waals surface area contributed by atoms with Gasteiger partial charge in [0.05, 0.1) is 20.8 Å². The number of rotatable bonds is 4. The van der Waals surface area contributed by atoms with Gasteiger partial charge in [-0.25, -0.2) is 0 Å². The van der Waals surface area contributed by atoms with E-state index in [2.05, 4.69) is 31.1 Å². The molecular weight excluding hydrogens is 284 g/mol. The van der Waals surface area contributed by atoms with Gasteiger partial charge in [0.15, 0.2) is 5.17 Å². The second-order valence-corrected chi connectivity index (χ2v) is 7.67. The monoisotopic (exact) mass is 308 g/mol. The number of amidine groups is 1. The lowest BCUT2D eigenvalue weighted by Gasteiger charge is -2.21. The van der Waals surface area contributed by atoms with E-state index in [1.54, 1.807) is 14.2 Å². The molecule has 0 saturated carbocycles. The van der Waals surface area contributed by atoms with Crippen LogP contribution in [0.1, 0.15) is 27.2 Å². The number of ether oxygens (including phenoxy) is 2. The number of aliphatic imine (C=N–C) groups is 1. The van der Waals surface area contributed by atoms with Crippen molar-refractivity contribution in [1.82, 2.24) is 0 Å². The second kappa shape index (κ2) is 6.60. The quantitative estimate of drug-likeness (QED) is 0.912. The Morgan fingerprint density at radius 2 is 1.81 bits per heavy atom. The molecule has 1 aliphatic heterocycles. The van der Waals surface area contributed by atoms with Crippen LogP contribution < -0.4 is 14.8 Å². The molecule has 4 nitrogen and oxygen atoms in total. The van der Waals surface area contributed by atoms with E-state index in [0.29, 0.717) is 10.7 Å². The van der Waals surface area contributed by atoms with Gasteiger partial charge in [0.1, 0.15) is 11.5 Å². The summed E-state index contributed by atoms with van der Waals surface area (Å²) in [5, 5.41) is 4.89. The van der Waals surface area contributed by atoms with Gasteiger partial charge in [-0.15, -0.1) is 0 Å². The minimum Gasteiger partial charge on any atom is -0.497 e. The zero-order valence-corrected chi connectivity index (χ0v) is 14.2. The van der Waals surface area contributed by atoms with E-state index in [9.17, 15) is 0 Å². The van der Waals surface area contributed by atoms with Crippen LogP contribution >= 0.6 is 11.8 Å². The highest BCUT2D eigenvalue weighted by atomic mass is 32.2. The van der Waals surface area contributed by atoms with Gasteiger partial charge in [0, 0.05) is 29.1 Å². The molecule has 21 heavy (non-hydrogen) atoms. The van der Waals surface area contributed by atoms with Crippen molar-refractivity contribution in [3.05, 3.63) is 18.2 Å². The molecule has 0 saturated heterocycles. The zero-order chi connectivity index (χ0) is 15.5. The van der Waals surface area contributed by atoms with E-state index in [4.69, 9.17) is 9.47 Å². The van der Waals surface area contributed by atoms with E-state index < -0.39 is 0 Å². The van der Waals surface area contributed by atoms with E-state index in [0.717, 1.165) is 35.3 Å². The molecule has 1 aromatic rings. The minimum atomic E-state index is 0.335. The molecule has 1 aromatic carbocycles. The first-order valence-electron chi connectivity index (χ1n) is 7.11. The van der Waals surface area contributed by atoms with Crippen LogP contribution in [0.3, 0.4) is 0 Å². The van der Waals surface area contributed by atoms with Gasteiger partial charge >= 0.3 is 0 Å². The highest BCUT2D eigenvalue weighted by Crippen LogP contribution is 2.33. The van der Waals surface area contributed by atoms with Crippen LogP contribution in [0.2, 0.25) is 0 Å². The van der Waals surface area contributed by atoms with Gasteiger partial charge < -0.3 is 14.8 Å². The van der Waals surface area contributed by atoms with Crippen molar-refractivity contribution in [2.45, 2.75) is 32.4 Å². The summed E-state index contributed by atoms with van der Waals surface area (Å²) in [4.78, 5) is 4.59. The van der Waals surface area contributed by atoms with Crippen molar-refractivity contribution in [3.8, 4) is 11.5 Å². The third-order valence-electron chi connectivity index (χ3n) is 3.16. The average molecular weight is 308 g/mol. The Bertz CT molecular complexity index is 501. The van der Waals surface area contributed by atoms with Gasteiger partial charge in [-0.1, -0.05) is 32.5 Å². The van der Waals surface area contributed by atoms with E-state index in [-0.39, 0.29) is 0 Å². The van der Waals surface area contributed by atoms with Gasteiger partial charge in [-0.3, -0.25) is 4.99 Å².